The van der Waals surface area contributed by atoms with Crippen LogP contribution < -0.4 is 4.90 Å². The highest BCUT2D eigenvalue weighted by molar-refractivity contribution is 6.31. The SMILES string of the molecule is CCOC(=O)[C@H]1O[C@]12C(=O)N(C)c1ccc(Cl)cc12. The zero-order valence-electron chi connectivity index (χ0n) is 10.5. The molecular weight excluding hydrogens is 270 g/mol. The summed E-state index contributed by atoms with van der Waals surface area (Å²) in [7, 11) is 1.65. The molecule has 1 spiro atoms. The average molecular weight is 282 g/mol. The molecular formula is C13H12ClNO4. The van der Waals surface area contributed by atoms with Gasteiger partial charge in [-0.1, -0.05) is 11.6 Å². The van der Waals surface area contributed by atoms with Crippen molar-refractivity contribution < 1.29 is 19.1 Å². The number of ether oxygens (including phenoxy) is 2. The maximum atomic E-state index is 12.3. The highest BCUT2D eigenvalue weighted by atomic mass is 35.5. The highest BCUT2D eigenvalue weighted by Gasteiger charge is 2.72. The first-order valence-electron chi connectivity index (χ1n) is 5.95. The van der Waals surface area contributed by atoms with E-state index in [0.717, 1.165) is 0 Å². The number of esters is 1. The fourth-order valence-corrected chi connectivity index (χ4v) is 2.70. The van der Waals surface area contributed by atoms with Gasteiger partial charge in [-0.3, -0.25) is 4.79 Å². The van der Waals surface area contributed by atoms with Crippen LogP contribution in [0.2, 0.25) is 5.02 Å². The molecule has 5 nitrogen and oxygen atoms in total. The Morgan fingerprint density at radius 2 is 2.32 bits per heavy atom. The minimum atomic E-state index is -1.23. The summed E-state index contributed by atoms with van der Waals surface area (Å²) in [5.41, 5.74) is 0.105. The molecule has 1 saturated heterocycles. The zero-order chi connectivity index (χ0) is 13.8. The van der Waals surface area contributed by atoms with Crippen molar-refractivity contribution in [2.45, 2.75) is 18.6 Å². The van der Waals surface area contributed by atoms with Gasteiger partial charge in [0.1, 0.15) is 0 Å². The lowest BCUT2D eigenvalue weighted by molar-refractivity contribution is -0.144. The van der Waals surface area contributed by atoms with Crippen LogP contribution in [0.25, 0.3) is 0 Å². The molecule has 0 saturated carbocycles. The Labute approximate surface area is 115 Å². The maximum absolute atomic E-state index is 12.3. The standard InChI is InChI=1S/C13H12ClNO4/c1-3-18-11(16)10-13(19-10)8-6-7(14)4-5-9(8)15(2)12(13)17/h4-6,10H,3H2,1-2H3/t10-,13+/m1/s1. The third kappa shape index (κ3) is 1.52. The molecule has 2 atom stereocenters. The van der Waals surface area contributed by atoms with Gasteiger partial charge in [-0.2, -0.15) is 0 Å². The van der Waals surface area contributed by atoms with Crippen molar-refractivity contribution in [2.75, 3.05) is 18.6 Å². The Kier molecular flexibility index (Phi) is 2.59. The van der Waals surface area contributed by atoms with Gasteiger partial charge in [0.15, 0.2) is 6.10 Å². The van der Waals surface area contributed by atoms with Crippen LogP contribution in [0.15, 0.2) is 18.2 Å². The second-order valence-corrected chi connectivity index (χ2v) is 4.95. The predicted molar refractivity (Wildman–Crippen MR) is 68.0 cm³/mol. The van der Waals surface area contributed by atoms with E-state index in [2.05, 4.69) is 0 Å². The lowest BCUT2D eigenvalue weighted by atomic mass is 9.97. The van der Waals surface area contributed by atoms with Crippen LogP contribution in [0, 0.1) is 0 Å². The van der Waals surface area contributed by atoms with Crippen LogP contribution >= 0.6 is 11.6 Å². The number of fused-ring (bicyclic) bond motifs is 2. The van der Waals surface area contributed by atoms with Crippen molar-refractivity contribution in [2.24, 2.45) is 0 Å². The Hall–Kier alpha value is -1.59. The number of anilines is 1. The van der Waals surface area contributed by atoms with E-state index in [1.807, 2.05) is 0 Å². The zero-order valence-corrected chi connectivity index (χ0v) is 11.2. The molecule has 2 aliphatic rings. The van der Waals surface area contributed by atoms with Gasteiger partial charge in [-0.05, 0) is 25.1 Å². The van der Waals surface area contributed by atoms with Gasteiger partial charge >= 0.3 is 5.97 Å². The summed E-state index contributed by atoms with van der Waals surface area (Å²) in [6, 6.07) is 5.11. The molecule has 0 N–H and O–H groups in total. The first-order valence-corrected chi connectivity index (χ1v) is 6.32. The fraction of sp³-hybridized carbons (Fsp3) is 0.385. The molecule has 6 heteroatoms. The second kappa shape index (κ2) is 3.95. The first-order chi connectivity index (χ1) is 9.02. The number of carbonyl (C=O) groups excluding carboxylic acids is 2. The van der Waals surface area contributed by atoms with E-state index in [1.54, 1.807) is 32.2 Å². The van der Waals surface area contributed by atoms with E-state index in [1.165, 1.54) is 4.90 Å². The Bertz CT molecular complexity index is 588. The van der Waals surface area contributed by atoms with Gasteiger partial charge in [0.2, 0.25) is 5.60 Å². The Morgan fingerprint density at radius 3 is 3.00 bits per heavy atom. The molecule has 0 radical (unpaired) electrons. The molecule has 0 aromatic heterocycles. The summed E-state index contributed by atoms with van der Waals surface area (Å²) < 4.78 is 10.3. The summed E-state index contributed by atoms with van der Waals surface area (Å²) in [5.74, 6) is -0.778. The van der Waals surface area contributed by atoms with Crippen molar-refractivity contribution >= 4 is 29.2 Å². The number of rotatable bonds is 2. The third-order valence-electron chi connectivity index (χ3n) is 3.46. The van der Waals surface area contributed by atoms with E-state index in [-0.39, 0.29) is 12.5 Å². The van der Waals surface area contributed by atoms with Gasteiger partial charge in [0.25, 0.3) is 5.91 Å². The van der Waals surface area contributed by atoms with Crippen molar-refractivity contribution in [1.29, 1.82) is 0 Å². The van der Waals surface area contributed by atoms with Crippen molar-refractivity contribution in [3.05, 3.63) is 28.8 Å². The number of hydrogen-bond acceptors (Lipinski definition) is 4. The van der Waals surface area contributed by atoms with Gasteiger partial charge in [-0.15, -0.1) is 0 Å². The molecule has 3 rings (SSSR count). The number of carbonyl (C=O) groups is 2. The van der Waals surface area contributed by atoms with Crippen LogP contribution in [-0.2, 0) is 24.7 Å². The van der Waals surface area contributed by atoms with Crippen molar-refractivity contribution in [1.82, 2.24) is 0 Å². The van der Waals surface area contributed by atoms with E-state index >= 15 is 0 Å². The minimum Gasteiger partial charge on any atom is -0.464 e. The lowest BCUT2D eigenvalue weighted by Gasteiger charge is -2.08. The summed E-state index contributed by atoms with van der Waals surface area (Å²) in [5, 5.41) is 0.499. The average Bonchev–Trinajstić information content (AvgIpc) is 3.10. The molecule has 100 valence electrons. The van der Waals surface area contributed by atoms with E-state index < -0.39 is 17.7 Å². The quantitative estimate of drug-likeness (QED) is 0.608. The number of hydrogen-bond donors (Lipinski definition) is 0. The van der Waals surface area contributed by atoms with Crippen LogP contribution in [0.3, 0.4) is 0 Å². The minimum absolute atomic E-state index is 0.251. The molecule has 1 aromatic rings. The van der Waals surface area contributed by atoms with Crippen LogP contribution in [0.4, 0.5) is 5.69 Å². The smallest absolute Gasteiger partial charge is 0.339 e. The molecule has 1 fully saturated rings. The largest absolute Gasteiger partial charge is 0.464 e. The summed E-state index contributed by atoms with van der Waals surface area (Å²) in [6.07, 6.45) is -0.873. The van der Waals surface area contributed by atoms with Gasteiger partial charge < -0.3 is 14.4 Å². The molecule has 2 aliphatic heterocycles. The lowest BCUT2D eigenvalue weighted by Crippen LogP contribution is -2.33. The molecule has 0 unspecified atom stereocenters. The van der Waals surface area contributed by atoms with Gasteiger partial charge in [0.05, 0.1) is 12.3 Å². The number of halogens is 1. The molecule has 0 aliphatic carbocycles. The second-order valence-electron chi connectivity index (χ2n) is 4.51. The number of nitrogens with zero attached hydrogens (tertiary/aromatic N) is 1. The summed E-state index contributed by atoms with van der Waals surface area (Å²) >= 11 is 5.96. The molecule has 2 heterocycles. The third-order valence-corrected chi connectivity index (χ3v) is 3.69. The van der Waals surface area contributed by atoms with Crippen molar-refractivity contribution in [3.63, 3.8) is 0 Å². The molecule has 19 heavy (non-hydrogen) atoms. The van der Waals surface area contributed by atoms with Crippen LogP contribution in [-0.4, -0.2) is 31.6 Å². The number of benzene rings is 1. The van der Waals surface area contributed by atoms with Gasteiger partial charge in [0, 0.05) is 17.6 Å². The van der Waals surface area contributed by atoms with Crippen LogP contribution in [0.5, 0.6) is 0 Å². The molecule has 0 bridgehead atoms. The number of likely N-dealkylation sites (N-methyl/N-ethyl adjacent to an activating group) is 1. The summed E-state index contributed by atoms with van der Waals surface area (Å²) in [6.45, 7) is 1.96. The molecule has 1 amide bonds. The van der Waals surface area contributed by atoms with E-state index in [4.69, 9.17) is 21.1 Å². The fourth-order valence-electron chi connectivity index (χ4n) is 2.52. The normalized spacial score (nSPS) is 27.6. The van der Waals surface area contributed by atoms with Crippen LogP contribution in [0.1, 0.15) is 12.5 Å². The first kappa shape index (κ1) is 12.4. The van der Waals surface area contributed by atoms with E-state index in [9.17, 15) is 9.59 Å². The topological polar surface area (TPSA) is 59.1 Å². The highest BCUT2D eigenvalue weighted by Crippen LogP contribution is 2.56. The Balaban J connectivity index is 2.04. The van der Waals surface area contributed by atoms with E-state index in [0.29, 0.717) is 16.3 Å². The number of amides is 1. The van der Waals surface area contributed by atoms with Crippen molar-refractivity contribution in [3.8, 4) is 0 Å². The summed E-state index contributed by atoms with van der Waals surface area (Å²) in [4.78, 5) is 25.6. The Morgan fingerprint density at radius 1 is 1.58 bits per heavy atom. The maximum Gasteiger partial charge on any atom is 0.339 e. The predicted octanol–water partition coefficient (Wildman–Crippen LogP) is 1.47. The molecule has 1 aromatic carbocycles. The number of epoxide rings is 1. The van der Waals surface area contributed by atoms with Gasteiger partial charge in [-0.25, -0.2) is 4.79 Å². The monoisotopic (exact) mass is 281 g/mol.